The summed E-state index contributed by atoms with van der Waals surface area (Å²) in [6.07, 6.45) is 0. The summed E-state index contributed by atoms with van der Waals surface area (Å²) in [6.45, 7) is 3.79. The highest BCUT2D eigenvalue weighted by Crippen LogP contribution is 2.29. The minimum atomic E-state index is -0.569. The van der Waals surface area contributed by atoms with Gasteiger partial charge in [0.25, 0.3) is 5.91 Å². The van der Waals surface area contributed by atoms with Crippen molar-refractivity contribution in [2.75, 3.05) is 37.7 Å². The van der Waals surface area contributed by atoms with Gasteiger partial charge in [-0.15, -0.1) is 0 Å². The van der Waals surface area contributed by atoms with Gasteiger partial charge in [-0.2, -0.15) is 0 Å². The van der Waals surface area contributed by atoms with Gasteiger partial charge in [-0.3, -0.25) is 4.79 Å². The summed E-state index contributed by atoms with van der Waals surface area (Å²) in [6, 6.07) is 10.1. The summed E-state index contributed by atoms with van der Waals surface area (Å²) < 4.78 is 5.19. The topological polar surface area (TPSA) is 75.6 Å². The molecule has 7 nitrogen and oxygen atoms in total. The standard InChI is InChI=1S/C22H19Cl3N4O3/c1-2-32-22(31)19-20(27-18-12-16(25)15(24)11-17(18)26-19)28-6-8-29(9-7-28)21(30)13-4-3-5-14(23)10-13/h3-5,10-12H,2,6-9H2,1H3. The minimum Gasteiger partial charge on any atom is -0.461 e. The normalized spacial score (nSPS) is 14.0. The van der Waals surface area contributed by atoms with Crippen LogP contribution in [0.1, 0.15) is 27.8 Å². The lowest BCUT2D eigenvalue weighted by molar-refractivity contribution is 0.0519. The molecule has 32 heavy (non-hydrogen) atoms. The number of hydrogen-bond donors (Lipinski definition) is 0. The lowest BCUT2D eigenvalue weighted by Gasteiger charge is -2.36. The molecule has 1 amide bonds. The molecule has 10 heteroatoms. The SMILES string of the molecule is CCOC(=O)c1nc2cc(Cl)c(Cl)cc2nc1N1CCN(C(=O)c2cccc(Cl)c2)CC1. The molecule has 0 spiro atoms. The maximum atomic E-state index is 12.8. The van der Waals surface area contributed by atoms with Gasteiger partial charge >= 0.3 is 5.97 Å². The first kappa shape index (κ1) is 22.6. The summed E-state index contributed by atoms with van der Waals surface area (Å²) >= 11 is 18.3. The number of fused-ring (bicyclic) bond motifs is 1. The van der Waals surface area contributed by atoms with E-state index >= 15 is 0 Å². The van der Waals surface area contributed by atoms with Crippen molar-refractivity contribution in [2.45, 2.75) is 6.92 Å². The highest BCUT2D eigenvalue weighted by molar-refractivity contribution is 6.42. The van der Waals surface area contributed by atoms with E-state index in [-0.39, 0.29) is 18.2 Å². The van der Waals surface area contributed by atoms with Crippen LogP contribution >= 0.6 is 34.8 Å². The van der Waals surface area contributed by atoms with E-state index in [1.165, 1.54) is 0 Å². The van der Waals surface area contributed by atoms with Crippen LogP contribution in [0.3, 0.4) is 0 Å². The van der Waals surface area contributed by atoms with Gasteiger partial charge in [0.15, 0.2) is 11.5 Å². The van der Waals surface area contributed by atoms with Crippen LogP contribution in [0.2, 0.25) is 15.1 Å². The van der Waals surface area contributed by atoms with Gasteiger partial charge in [0.05, 0.1) is 27.7 Å². The molecular formula is C22H19Cl3N4O3. The van der Waals surface area contributed by atoms with Crippen molar-refractivity contribution in [3.05, 3.63) is 62.7 Å². The zero-order chi connectivity index (χ0) is 22.8. The summed E-state index contributed by atoms with van der Waals surface area (Å²) in [5.41, 5.74) is 1.60. The molecule has 1 saturated heterocycles. The molecule has 3 aromatic rings. The van der Waals surface area contributed by atoms with Gasteiger partial charge in [0, 0.05) is 36.8 Å². The van der Waals surface area contributed by atoms with Crippen molar-refractivity contribution in [1.29, 1.82) is 0 Å². The number of rotatable bonds is 4. The molecule has 0 radical (unpaired) electrons. The molecule has 1 aliphatic heterocycles. The maximum absolute atomic E-state index is 12.8. The van der Waals surface area contributed by atoms with Gasteiger partial charge in [-0.1, -0.05) is 40.9 Å². The van der Waals surface area contributed by atoms with Crippen LogP contribution in [-0.2, 0) is 4.74 Å². The number of carbonyl (C=O) groups is 2. The number of carbonyl (C=O) groups excluding carboxylic acids is 2. The first-order valence-corrected chi connectivity index (χ1v) is 11.1. The van der Waals surface area contributed by atoms with Crippen LogP contribution in [0, 0.1) is 0 Å². The lowest BCUT2D eigenvalue weighted by Crippen LogP contribution is -2.49. The van der Waals surface area contributed by atoms with Crippen LogP contribution in [0.5, 0.6) is 0 Å². The van der Waals surface area contributed by atoms with Crippen LogP contribution in [0.25, 0.3) is 11.0 Å². The first-order chi connectivity index (χ1) is 15.4. The molecule has 0 saturated carbocycles. The third kappa shape index (κ3) is 4.60. The van der Waals surface area contributed by atoms with E-state index in [1.54, 1.807) is 48.2 Å². The lowest BCUT2D eigenvalue weighted by atomic mass is 10.1. The molecule has 4 rings (SSSR count). The Morgan fingerprint density at radius 1 is 0.969 bits per heavy atom. The van der Waals surface area contributed by atoms with E-state index in [0.717, 1.165) is 0 Å². The number of anilines is 1. The van der Waals surface area contributed by atoms with Crippen LogP contribution in [0.15, 0.2) is 36.4 Å². The largest absolute Gasteiger partial charge is 0.461 e. The van der Waals surface area contributed by atoms with Crippen molar-refractivity contribution >= 4 is 63.5 Å². The number of amides is 1. The van der Waals surface area contributed by atoms with Crippen molar-refractivity contribution in [1.82, 2.24) is 14.9 Å². The maximum Gasteiger partial charge on any atom is 0.360 e. The van der Waals surface area contributed by atoms with Crippen LogP contribution in [0.4, 0.5) is 5.82 Å². The Morgan fingerprint density at radius 2 is 1.62 bits per heavy atom. The molecule has 166 valence electrons. The molecular weight excluding hydrogens is 475 g/mol. The number of esters is 1. The molecule has 2 heterocycles. The number of ether oxygens (including phenoxy) is 1. The second-order valence-electron chi connectivity index (χ2n) is 7.16. The molecule has 2 aromatic carbocycles. The predicted molar refractivity (Wildman–Crippen MR) is 125 cm³/mol. The molecule has 0 bridgehead atoms. The van der Waals surface area contributed by atoms with E-state index in [1.807, 2.05) is 4.90 Å². The third-order valence-corrected chi connectivity index (χ3v) is 6.05. The quantitative estimate of drug-likeness (QED) is 0.489. The smallest absolute Gasteiger partial charge is 0.360 e. The summed E-state index contributed by atoms with van der Waals surface area (Å²) in [5, 5.41) is 1.18. The fraction of sp³-hybridized carbons (Fsp3) is 0.273. The van der Waals surface area contributed by atoms with Crippen molar-refractivity contribution in [2.24, 2.45) is 0 Å². The second-order valence-corrected chi connectivity index (χ2v) is 8.41. The number of benzene rings is 2. The van der Waals surface area contributed by atoms with E-state index in [2.05, 4.69) is 9.97 Å². The average molecular weight is 494 g/mol. The van der Waals surface area contributed by atoms with Crippen molar-refractivity contribution in [3.8, 4) is 0 Å². The zero-order valence-electron chi connectivity index (χ0n) is 17.1. The fourth-order valence-corrected chi connectivity index (χ4v) is 4.03. The Balaban J connectivity index is 1.61. The van der Waals surface area contributed by atoms with E-state index in [0.29, 0.717) is 63.7 Å². The molecule has 1 aromatic heterocycles. The number of piperazine rings is 1. The molecule has 0 aliphatic carbocycles. The van der Waals surface area contributed by atoms with E-state index < -0.39 is 5.97 Å². The first-order valence-electron chi connectivity index (χ1n) is 10.0. The second kappa shape index (κ2) is 9.48. The predicted octanol–water partition coefficient (Wildman–Crippen LogP) is 4.73. The highest BCUT2D eigenvalue weighted by Gasteiger charge is 2.28. The Labute approximate surface area is 199 Å². The monoisotopic (exact) mass is 492 g/mol. The summed E-state index contributed by atoms with van der Waals surface area (Å²) in [5.74, 6) is -0.270. The zero-order valence-corrected chi connectivity index (χ0v) is 19.4. The van der Waals surface area contributed by atoms with Gasteiger partial charge in [-0.25, -0.2) is 14.8 Å². The molecule has 1 fully saturated rings. The molecule has 0 unspecified atom stereocenters. The number of halogens is 3. The van der Waals surface area contributed by atoms with Gasteiger partial charge < -0.3 is 14.5 Å². The third-order valence-electron chi connectivity index (χ3n) is 5.09. The van der Waals surface area contributed by atoms with Gasteiger partial charge in [-0.05, 0) is 37.3 Å². The number of aromatic nitrogens is 2. The van der Waals surface area contributed by atoms with Crippen LogP contribution in [-0.4, -0.2) is 59.5 Å². The molecule has 1 aliphatic rings. The van der Waals surface area contributed by atoms with E-state index in [9.17, 15) is 9.59 Å². The Kier molecular flexibility index (Phi) is 6.69. The molecule has 0 atom stereocenters. The minimum absolute atomic E-state index is 0.0937. The van der Waals surface area contributed by atoms with Crippen molar-refractivity contribution < 1.29 is 14.3 Å². The molecule has 0 N–H and O–H groups in total. The van der Waals surface area contributed by atoms with Crippen molar-refractivity contribution in [3.63, 3.8) is 0 Å². The Hall–Kier alpha value is -2.61. The fourth-order valence-electron chi connectivity index (χ4n) is 3.52. The van der Waals surface area contributed by atoms with E-state index in [4.69, 9.17) is 39.5 Å². The summed E-state index contributed by atoms with van der Waals surface area (Å²) in [7, 11) is 0. The summed E-state index contributed by atoms with van der Waals surface area (Å²) in [4.78, 5) is 38.2. The van der Waals surface area contributed by atoms with Crippen LogP contribution < -0.4 is 4.90 Å². The highest BCUT2D eigenvalue weighted by atomic mass is 35.5. The number of hydrogen-bond acceptors (Lipinski definition) is 6. The Bertz CT molecular complexity index is 1200. The number of nitrogens with zero attached hydrogens (tertiary/aromatic N) is 4. The Morgan fingerprint density at radius 3 is 2.25 bits per heavy atom. The van der Waals surface area contributed by atoms with Gasteiger partial charge in [0.2, 0.25) is 0 Å². The van der Waals surface area contributed by atoms with Gasteiger partial charge in [0.1, 0.15) is 0 Å². The average Bonchev–Trinajstić information content (AvgIpc) is 2.79.